The molecule has 0 atom stereocenters. The van der Waals surface area contributed by atoms with Crippen molar-refractivity contribution in [3.05, 3.63) is 57.0 Å². The van der Waals surface area contributed by atoms with Crippen LogP contribution in [-0.2, 0) is 9.59 Å². The van der Waals surface area contributed by atoms with Crippen molar-refractivity contribution in [2.75, 3.05) is 18.5 Å². The number of carboxylic acids is 1. The molecule has 5 nitrogen and oxygen atoms in total. The van der Waals surface area contributed by atoms with E-state index in [0.29, 0.717) is 9.23 Å². The van der Waals surface area contributed by atoms with Crippen LogP contribution in [0.1, 0.15) is 32.3 Å². The lowest BCUT2D eigenvalue weighted by Crippen LogP contribution is -2.33. The highest BCUT2D eigenvalue weighted by Crippen LogP contribution is 2.48. The Kier molecular flexibility index (Phi) is 5.83. The Hall–Kier alpha value is -2.03. The first-order valence-electron chi connectivity index (χ1n) is 9.97. The molecule has 0 spiro atoms. The fourth-order valence-electron chi connectivity index (χ4n) is 4.12. The Morgan fingerprint density at radius 1 is 1.29 bits per heavy atom. The number of hydrogen-bond donors (Lipinski definition) is 1. The van der Waals surface area contributed by atoms with Crippen molar-refractivity contribution in [3.8, 4) is 0 Å². The highest BCUT2D eigenvalue weighted by molar-refractivity contribution is 8.26. The van der Waals surface area contributed by atoms with Gasteiger partial charge in [0.1, 0.15) is 10.9 Å². The van der Waals surface area contributed by atoms with Crippen LogP contribution < -0.4 is 4.90 Å². The Morgan fingerprint density at radius 2 is 2.03 bits per heavy atom. The molecule has 1 aromatic carbocycles. The monoisotopic (exact) mass is 472 g/mol. The SMILES string of the molecule is Cc1ccc2c(c1)N(C)C(=CC1=CC(=C3SC(=S)N(CC(=O)O)C3=O)CC(C)(C)C1)S2. The molecule has 0 unspecified atom stereocenters. The van der Waals surface area contributed by atoms with Gasteiger partial charge in [-0.25, -0.2) is 0 Å². The fraction of sp³-hybridized carbons (Fsp3) is 0.348. The normalized spacial score (nSPS) is 24.1. The first kappa shape index (κ1) is 22.2. The van der Waals surface area contributed by atoms with Crippen LogP contribution in [0.4, 0.5) is 5.69 Å². The van der Waals surface area contributed by atoms with Crippen LogP contribution in [0.25, 0.3) is 0 Å². The van der Waals surface area contributed by atoms with Crippen LogP contribution in [0.3, 0.4) is 0 Å². The summed E-state index contributed by atoms with van der Waals surface area (Å²) in [5.74, 6) is -1.37. The van der Waals surface area contributed by atoms with E-state index in [1.54, 1.807) is 11.8 Å². The van der Waals surface area contributed by atoms with Gasteiger partial charge in [0, 0.05) is 11.9 Å². The van der Waals surface area contributed by atoms with Crippen molar-refractivity contribution < 1.29 is 14.7 Å². The number of carbonyl (C=O) groups excluding carboxylic acids is 1. The maximum Gasteiger partial charge on any atom is 0.323 e. The maximum absolute atomic E-state index is 12.9. The zero-order valence-electron chi connectivity index (χ0n) is 17.9. The molecule has 3 aliphatic rings. The molecule has 2 heterocycles. The second-order valence-electron chi connectivity index (χ2n) is 8.86. The number of anilines is 1. The Labute approximate surface area is 196 Å². The van der Waals surface area contributed by atoms with Crippen LogP contribution >= 0.6 is 35.7 Å². The van der Waals surface area contributed by atoms with Crippen LogP contribution in [0.15, 0.2) is 56.3 Å². The number of carboxylic acid groups (broad SMARTS) is 1. The van der Waals surface area contributed by atoms with Gasteiger partial charge in [0.2, 0.25) is 0 Å². The average Bonchev–Trinajstić information content (AvgIpc) is 3.11. The molecule has 8 heteroatoms. The molecule has 0 bridgehead atoms. The smallest absolute Gasteiger partial charge is 0.323 e. The number of aryl methyl sites for hydroxylation is 1. The molecule has 0 aromatic heterocycles. The Morgan fingerprint density at radius 3 is 2.74 bits per heavy atom. The van der Waals surface area contributed by atoms with Crippen molar-refractivity contribution in [2.45, 2.75) is 38.5 Å². The summed E-state index contributed by atoms with van der Waals surface area (Å²) in [6, 6.07) is 6.48. The topological polar surface area (TPSA) is 60.9 Å². The second-order valence-corrected chi connectivity index (χ2v) is 11.6. The molecular weight excluding hydrogens is 448 g/mol. The average molecular weight is 473 g/mol. The number of amides is 1. The number of carbonyl (C=O) groups is 2. The van der Waals surface area contributed by atoms with Crippen LogP contribution in [0, 0.1) is 12.3 Å². The van der Waals surface area contributed by atoms with E-state index < -0.39 is 12.5 Å². The number of aliphatic carboxylic acids is 1. The first-order chi connectivity index (χ1) is 14.5. The van der Waals surface area contributed by atoms with Crippen molar-refractivity contribution in [2.24, 2.45) is 5.41 Å². The van der Waals surface area contributed by atoms with E-state index in [1.807, 2.05) is 0 Å². The number of thiocarbonyl (C=S) groups is 1. The Bertz CT molecular complexity index is 1100. The van der Waals surface area contributed by atoms with Crippen molar-refractivity contribution >= 4 is 57.6 Å². The number of rotatable bonds is 3. The van der Waals surface area contributed by atoms with Crippen LogP contribution in [0.2, 0.25) is 0 Å². The van der Waals surface area contributed by atoms with Gasteiger partial charge >= 0.3 is 5.97 Å². The van der Waals surface area contributed by atoms with Gasteiger partial charge in [-0.2, -0.15) is 0 Å². The summed E-state index contributed by atoms with van der Waals surface area (Å²) in [7, 11) is 2.08. The summed E-state index contributed by atoms with van der Waals surface area (Å²) in [5, 5.41) is 10.3. The van der Waals surface area contributed by atoms with Gasteiger partial charge < -0.3 is 10.0 Å². The molecule has 1 aliphatic carbocycles. The fourth-order valence-corrected chi connectivity index (χ4v) is 6.52. The minimum Gasteiger partial charge on any atom is -0.480 e. The summed E-state index contributed by atoms with van der Waals surface area (Å²) < 4.78 is 0.309. The largest absolute Gasteiger partial charge is 0.480 e. The van der Waals surface area contributed by atoms with Gasteiger partial charge in [-0.1, -0.05) is 61.7 Å². The number of fused-ring (bicyclic) bond motifs is 1. The lowest BCUT2D eigenvalue weighted by Gasteiger charge is -2.31. The molecule has 1 aromatic rings. The van der Waals surface area contributed by atoms with E-state index in [2.05, 4.69) is 63.1 Å². The maximum atomic E-state index is 12.9. The molecule has 1 fully saturated rings. The third-order valence-corrected chi connectivity index (χ3v) is 8.15. The van der Waals surface area contributed by atoms with E-state index in [4.69, 9.17) is 17.3 Å². The number of allylic oxidation sites excluding steroid dienone is 4. The molecule has 1 N–H and O–H groups in total. The standard InChI is InChI=1S/C23H24N2O3S3/c1-13-5-6-17-16(7-13)24(4)18(30-17)9-14-8-15(11-23(2,3)10-14)20-21(28)25(12-19(26)27)22(29)31-20/h5-9H,10-12H2,1-4H3,(H,26,27). The minimum absolute atomic E-state index is 0.0164. The molecular formula is C23H24N2O3S3. The van der Waals surface area contributed by atoms with E-state index in [-0.39, 0.29) is 11.3 Å². The second kappa shape index (κ2) is 8.15. The van der Waals surface area contributed by atoms with E-state index in [1.165, 1.54) is 32.8 Å². The minimum atomic E-state index is -1.07. The van der Waals surface area contributed by atoms with Crippen molar-refractivity contribution in [1.29, 1.82) is 0 Å². The highest BCUT2D eigenvalue weighted by Gasteiger charge is 2.37. The first-order valence-corrected chi connectivity index (χ1v) is 12.0. The van der Waals surface area contributed by atoms with E-state index in [9.17, 15) is 9.59 Å². The summed E-state index contributed by atoms with van der Waals surface area (Å²) >= 11 is 8.24. The molecule has 2 aliphatic heterocycles. The van der Waals surface area contributed by atoms with Crippen molar-refractivity contribution in [1.82, 2.24) is 4.90 Å². The summed E-state index contributed by atoms with van der Waals surface area (Å²) in [6.07, 6.45) is 5.95. The quantitative estimate of drug-likeness (QED) is 0.472. The number of nitrogens with zero attached hydrogens (tertiary/aromatic N) is 2. The van der Waals surface area contributed by atoms with E-state index in [0.717, 1.165) is 29.0 Å². The molecule has 31 heavy (non-hydrogen) atoms. The number of benzene rings is 1. The molecule has 0 radical (unpaired) electrons. The lowest BCUT2D eigenvalue weighted by molar-refractivity contribution is -0.140. The third-order valence-electron chi connectivity index (χ3n) is 5.48. The van der Waals surface area contributed by atoms with Gasteiger partial charge in [0.25, 0.3) is 5.91 Å². The Balaban J connectivity index is 1.69. The summed E-state index contributed by atoms with van der Waals surface area (Å²) in [5.41, 5.74) is 4.52. The molecule has 162 valence electrons. The van der Waals surface area contributed by atoms with Gasteiger partial charge in [-0.05, 0) is 60.1 Å². The van der Waals surface area contributed by atoms with Crippen molar-refractivity contribution in [3.63, 3.8) is 0 Å². The van der Waals surface area contributed by atoms with Gasteiger partial charge in [0.15, 0.2) is 0 Å². The zero-order valence-corrected chi connectivity index (χ0v) is 20.3. The molecule has 4 rings (SSSR count). The van der Waals surface area contributed by atoms with Gasteiger partial charge in [0.05, 0.1) is 15.6 Å². The molecule has 1 amide bonds. The van der Waals surface area contributed by atoms with E-state index >= 15 is 0 Å². The number of hydrogen-bond acceptors (Lipinski definition) is 6. The highest BCUT2D eigenvalue weighted by atomic mass is 32.2. The predicted octanol–water partition coefficient (Wildman–Crippen LogP) is 5.32. The predicted molar refractivity (Wildman–Crippen MR) is 131 cm³/mol. The van der Waals surface area contributed by atoms with Gasteiger partial charge in [-0.15, -0.1) is 0 Å². The number of thioether (sulfide) groups is 2. The lowest BCUT2D eigenvalue weighted by atomic mass is 9.75. The summed E-state index contributed by atoms with van der Waals surface area (Å²) in [6.45, 7) is 6.09. The van der Waals surface area contributed by atoms with Gasteiger partial charge in [-0.3, -0.25) is 14.5 Å². The summed E-state index contributed by atoms with van der Waals surface area (Å²) in [4.78, 5) is 29.2. The van der Waals surface area contributed by atoms with Crippen LogP contribution in [0.5, 0.6) is 0 Å². The zero-order chi connectivity index (χ0) is 22.5. The molecule has 0 saturated carbocycles. The molecule has 1 saturated heterocycles. The third kappa shape index (κ3) is 4.47. The van der Waals surface area contributed by atoms with Crippen LogP contribution in [-0.4, -0.2) is 39.8 Å².